The van der Waals surface area contributed by atoms with Gasteiger partial charge in [-0.2, -0.15) is 0 Å². The molecule has 4 nitrogen and oxygen atoms in total. The van der Waals surface area contributed by atoms with Gasteiger partial charge in [-0.25, -0.2) is 13.6 Å². The number of rotatable bonds is 1. The lowest BCUT2D eigenvalue weighted by Gasteiger charge is -2.37. The Labute approximate surface area is 98.9 Å². The Kier molecular flexibility index (Phi) is 3.74. The summed E-state index contributed by atoms with van der Waals surface area (Å²) in [5.41, 5.74) is -0.767. The maximum absolute atomic E-state index is 13.2. The van der Waals surface area contributed by atoms with Crippen molar-refractivity contribution >= 4 is 12.4 Å². The van der Waals surface area contributed by atoms with Gasteiger partial charge in [0, 0.05) is 6.42 Å². The molecule has 0 spiro atoms. The Morgan fingerprint density at radius 3 is 2.53 bits per heavy atom. The Morgan fingerprint density at radius 1 is 1.47 bits per heavy atom. The highest BCUT2D eigenvalue weighted by atomic mass is 19.3. The largest absolute Gasteiger partial charge is 0.444 e. The molecule has 1 atom stereocenters. The molecule has 0 aromatic rings. The third kappa shape index (κ3) is 3.94. The summed E-state index contributed by atoms with van der Waals surface area (Å²) >= 11 is 0. The second-order valence-electron chi connectivity index (χ2n) is 5.21. The summed E-state index contributed by atoms with van der Waals surface area (Å²) in [5, 5.41) is 0. The van der Waals surface area contributed by atoms with E-state index >= 15 is 0 Å². The first-order valence-electron chi connectivity index (χ1n) is 5.47. The van der Waals surface area contributed by atoms with Crippen LogP contribution in [0.1, 0.15) is 33.6 Å². The number of carbonyl (C=O) groups excluding carboxylic acids is 2. The first-order valence-corrected chi connectivity index (χ1v) is 5.47. The van der Waals surface area contributed by atoms with Gasteiger partial charge in [-0.3, -0.25) is 4.90 Å². The minimum Gasteiger partial charge on any atom is -0.444 e. The molecule has 1 rings (SSSR count). The zero-order valence-corrected chi connectivity index (χ0v) is 10.2. The average Bonchev–Trinajstić information content (AvgIpc) is 2.13. The lowest BCUT2D eigenvalue weighted by Crippen LogP contribution is -2.53. The minimum atomic E-state index is -2.95. The Balaban J connectivity index is 2.76. The maximum Gasteiger partial charge on any atom is 0.411 e. The molecule has 1 aliphatic rings. The van der Waals surface area contributed by atoms with Crippen LogP contribution in [-0.4, -0.2) is 41.4 Å². The number of hydrogen-bond acceptors (Lipinski definition) is 3. The first-order chi connectivity index (χ1) is 7.64. The molecular weight excluding hydrogens is 232 g/mol. The van der Waals surface area contributed by atoms with Crippen LogP contribution in [0.25, 0.3) is 0 Å². The van der Waals surface area contributed by atoms with Gasteiger partial charge in [0.1, 0.15) is 11.9 Å². The third-order valence-electron chi connectivity index (χ3n) is 2.39. The lowest BCUT2D eigenvalue weighted by atomic mass is 10.0. The maximum atomic E-state index is 13.2. The molecule has 1 amide bonds. The molecule has 0 bridgehead atoms. The number of aldehydes is 1. The van der Waals surface area contributed by atoms with Gasteiger partial charge in [0.2, 0.25) is 0 Å². The quantitative estimate of drug-likeness (QED) is 0.669. The molecule has 1 saturated heterocycles. The van der Waals surface area contributed by atoms with E-state index in [-0.39, 0.29) is 12.8 Å². The van der Waals surface area contributed by atoms with E-state index in [2.05, 4.69) is 0 Å². The van der Waals surface area contributed by atoms with Gasteiger partial charge in [0.15, 0.2) is 0 Å². The Bertz CT molecular complexity index is 312. The summed E-state index contributed by atoms with van der Waals surface area (Å²) in [6.45, 7) is 4.17. The summed E-state index contributed by atoms with van der Waals surface area (Å²) in [5.74, 6) is -2.95. The highest BCUT2D eigenvalue weighted by Crippen LogP contribution is 2.30. The molecule has 17 heavy (non-hydrogen) atoms. The van der Waals surface area contributed by atoms with Gasteiger partial charge in [-0.1, -0.05) is 0 Å². The van der Waals surface area contributed by atoms with Crippen molar-refractivity contribution in [2.45, 2.75) is 51.2 Å². The fourth-order valence-electron chi connectivity index (χ4n) is 1.62. The molecule has 1 unspecified atom stereocenters. The highest BCUT2D eigenvalue weighted by molar-refractivity contribution is 5.74. The van der Waals surface area contributed by atoms with Crippen molar-refractivity contribution in [1.82, 2.24) is 4.90 Å². The van der Waals surface area contributed by atoms with Crippen LogP contribution in [0.5, 0.6) is 0 Å². The Morgan fingerprint density at radius 2 is 2.06 bits per heavy atom. The minimum absolute atomic E-state index is 0.0320. The van der Waals surface area contributed by atoms with Gasteiger partial charge in [-0.15, -0.1) is 0 Å². The number of nitrogens with zero attached hydrogens (tertiary/aromatic N) is 1. The predicted molar refractivity (Wildman–Crippen MR) is 57.0 cm³/mol. The molecule has 0 aliphatic carbocycles. The molecule has 0 aromatic heterocycles. The van der Waals surface area contributed by atoms with E-state index in [9.17, 15) is 18.4 Å². The highest BCUT2D eigenvalue weighted by Gasteiger charge is 2.43. The molecule has 98 valence electrons. The van der Waals surface area contributed by atoms with Crippen LogP contribution in [0.4, 0.5) is 13.6 Å². The molecule has 0 radical (unpaired) electrons. The van der Waals surface area contributed by atoms with E-state index in [0.717, 1.165) is 4.90 Å². The number of amides is 1. The number of halogens is 2. The first kappa shape index (κ1) is 13.9. The summed E-state index contributed by atoms with van der Waals surface area (Å²) in [7, 11) is 0. The van der Waals surface area contributed by atoms with Crippen molar-refractivity contribution in [1.29, 1.82) is 0 Å². The zero-order chi connectivity index (χ0) is 13.3. The fourth-order valence-corrected chi connectivity index (χ4v) is 1.62. The number of likely N-dealkylation sites (tertiary alicyclic amines) is 1. The van der Waals surface area contributed by atoms with E-state index in [0.29, 0.717) is 6.29 Å². The van der Waals surface area contributed by atoms with Crippen molar-refractivity contribution in [2.75, 3.05) is 6.54 Å². The van der Waals surface area contributed by atoms with Crippen LogP contribution in [0.3, 0.4) is 0 Å². The molecule has 0 saturated carbocycles. The topological polar surface area (TPSA) is 46.6 Å². The molecular formula is C11H17F2NO3. The number of alkyl halides is 2. The third-order valence-corrected chi connectivity index (χ3v) is 2.39. The number of hydrogen-bond donors (Lipinski definition) is 0. The Hall–Kier alpha value is -1.20. The molecule has 0 N–H and O–H groups in total. The zero-order valence-electron chi connectivity index (χ0n) is 10.2. The predicted octanol–water partition coefficient (Wildman–Crippen LogP) is 2.22. The van der Waals surface area contributed by atoms with Crippen LogP contribution in [0.15, 0.2) is 0 Å². The van der Waals surface area contributed by atoms with Crippen LogP contribution in [-0.2, 0) is 9.53 Å². The molecule has 0 aromatic carbocycles. The van der Waals surface area contributed by atoms with Crippen molar-refractivity contribution in [3.63, 3.8) is 0 Å². The summed E-state index contributed by atoms with van der Waals surface area (Å²) in [4.78, 5) is 23.2. The smallest absolute Gasteiger partial charge is 0.411 e. The average molecular weight is 249 g/mol. The van der Waals surface area contributed by atoms with Gasteiger partial charge < -0.3 is 9.53 Å². The standard InChI is InChI=1S/C11H17F2NO3/c1-10(2,3)17-9(16)14-7-11(12,13)5-4-8(14)6-15/h6,8H,4-5,7H2,1-3H3. The SMILES string of the molecule is CC(C)(C)OC(=O)N1CC(F)(F)CCC1C=O. The molecule has 1 aliphatic heterocycles. The molecule has 1 heterocycles. The summed E-state index contributed by atoms with van der Waals surface area (Å²) in [6, 6.07) is -0.815. The molecule has 1 fully saturated rings. The van der Waals surface area contributed by atoms with Crippen molar-refractivity contribution in [3.05, 3.63) is 0 Å². The van der Waals surface area contributed by atoms with E-state index in [1.807, 2.05) is 0 Å². The lowest BCUT2D eigenvalue weighted by molar-refractivity contribution is -0.122. The van der Waals surface area contributed by atoms with Crippen molar-refractivity contribution in [3.8, 4) is 0 Å². The van der Waals surface area contributed by atoms with Crippen molar-refractivity contribution in [2.24, 2.45) is 0 Å². The molecule has 6 heteroatoms. The van der Waals surface area contributed by atoms with E-state index in [4.69, 9.17) is 4.74 Å². The van der Waals surface area contributed by atoms with Crippen LogP contribution < -0.4 is 0 Å². The van der Waals surface area contributed by atoms with Gasteiger partial charge >= 0.3 is 6.09 Å². The normalized spacial score (nSPS) is 24.3. The monoisotopic (exact) mass is 249 g/mol. The second kappa shape index (κ2) is 4.58. The van der Waals surface area contributed by atoms with Crippen molar-refractivity contribution < 1.29 is 23.1 Å². The second-order valence-corrected chi connectivity index (χ2v) is 5.21. The van der Waals surface area contributed by atoms with Crippen LogP contribution in [0, 0.1) is 0 Å². The summed E-state index contributed by atoms with van der Waals surface area (Å²) in [6.07, 6.45) is -0.765. The number of ether oxygens (including phenoxy) is 1. The van der Waals surface area contributed by atoms with Crippen LogP contribution >= 0.6 is 0 Å². The van der Waals surface area contributed by atoms with Gasteiger partial charge in [-0.05, 0) is 27.2 Å². The number of piperidine rings is 1. The van der Waals surface area contributed by atoms with E-state index in [1.165, 1.54) is 0 Å². The van der Waals surface area contributed by atoms with Crippen LogP contribution in [0.2, 0.25) is 0 Å². The fraction of sp³-hybridized carbons (Fsp3) is 0.818. The van der Waals surface area contributed by atoms with E-state index < -0.39 is 30.2 Å². The van der Waals surface area contributed by atoms with Gasteiger partial charge in [0.25, 0.3) is 5.92 Å². The number of carbonyl (C=O) groups is 2. The van der Waals surface area contributed by atoms with Gasteiger partial charge in [0.05, 0.1) is 12.6 Å². The summed E-state index contributed by atoms with van der Waals surface area (Å²) < 4.78 is 31.4. The van der Waals surface area contributed by atoms with E-state index in [1.54, 1.807) is 20.8 Å².